The van der Waals surface area contributed by atoms with Crippen molar-refractivity contribution >= 4 is 29.5 Å². The lowest BCUT2D eigenvalue weighted by Crippen LogP contribution is -2.21. The van der Waals surface area contributed by atoms with Crippen LogP contribution in [-0.2, 0) is 16.8 Å². The van der Waals surface area contributed by atoms with Crippen LogP contribution in [0.5, 0.6) is 0 Å². The van der Waals surface area contributed by atoms with Crippen LogP contribution in [0.15, 0.2) is 11.4 Å². The third-order valence-corrected chi connectivity index (χ3v) is 5.58. The van der Waals surface area contributed by atoms with Gasteiger partial charge in [0.1, 0.15) is 0 Å². The maximum Gasteiger partial charge on any atom is 0.313 e. The Labute approximate surface area is 128 Å². The van der Waals surface area contributed by atoms with E-state index < -0.39 is 5.97 Å². The Morgan fingerprint density at radius 1 is 1.60 bits per heavy atom. The fraction of sp³-hybridized carbons (Fsp3) is 0.714. The fourth-order valence-corrected chi connectivity index (χ4v) is 4.34. The first-order valence-corrected chi connectivity index (χ1v) is 9.00. The van der Waals surface area contributed by atoms with Crippen molar-refractivity contribution in [2.24, 2.45) is 5.92 Å². The van der Waals surface area contributed by atoms with Crippen LogP contribution in [0.2, 0.25) is 0 Å². The maximum atomic E-state index is 10.8. The molecule has 4 nitrogen and oxygen atoms in total. The Kier molecular flexibility index (Phi) is 5.07. The van der Waals surface area contributed by atoms with Gasteiger partial charge in [-0.05, 0) is 23.8 Å². The van der Waals surface area contributed by atoms with Crippen LogP contribution in [0.1, 0.15) is 32.9 Å². The summed E-state index contributed by atoms with van der Waals surface area (Å²) >= 11 is 3.33. The van der Waals surface area contributed by atoms with Crippen molar-refractivity contribution in [3.8, 4) is 0 Å². The van der Waals surface area contributed by atoms with Gasteiger partial charge in [-0.1, -0.05) is 32.5 Å². The van der Waals surface area contributed by atoms with E-state index in [0.717, 1.165) is 11.7 Å². The van der Waals surface area contributed by atoms with Crippen LogP contribution in [0.4, 0.5) is 0 Å². The first kappa shape index (κ1) is 15.8. The molecule has 1 aliphatic heterocycles. The van der Waals surface area contributed by atoms with Gasteiger partial charge in [0.25, 0.3) is 0 Å². The Balaban J connectivity index is 2.22. The molecule has 0 saturated carbocycles. The number of imidazole rings is 1. The number of carboxylic acids is 1. The molecular formula is C14H22N2O2S2. The maximum absolute atomic E-state index is 10.8. The second-order valence-corrected chi connectivity index (χ2v) is 8.29. The van der Waals surface area contributed by atoms with E-state index in [0.29, 0.717) is 5.92 Å². The standard InChI is InChI=1S/C14H22N2O2S2/c1-14(2,3)11-6-15-13(20-9-12(17)18)16(11)7-10-4-5-19-8-10/h6,10H,4-5,7-9H2,1-3H3,(H,17,18). The van der Waals surface area contributed by atoms with Crippen LogP contribution in [0, 0.1) is 5.92 Å². The summed E-state index contributed by atoms with van der Waals surface area (Å²) in [6.07, 6.45) is 3.15. The summed E-state index contributed by atoms with van der Waals surface area (Å²) in [5.74, 6) is 2.39. The number of hydrogen-bond acceptors (Lipinski definition) is 4. The molecule has 1 aliphatic rings. The minimum Gasteiger partial charge on any atom is -0.481 e. The van der Waals surface area contributed by atoms with Gasteiger partial charge in [0.15, 0.2) is 5.16 Å². The third-order valence-electron chi connectivity index (χ3n) is 3.38. The zero-order valence-electron chi connectivity index (χ0n) is 12.3. The highest BCUT2D eigenvalue weighted by atomic mass is 32.2. The van der Waals surface area contributed by atoms with E-state index in [1.54, 1.807) is 0 Å². The zero-order chi connectivity index (χ0) is 14.8. The van der Waals surface area contributed by atoms with Crippen molar-refractivity contribution < 1.29 is 9.90 Å². The molecule has 6 heteroatoms. The van der Waals surface area contributed by atoms with Crippen LogP contribution in [0.25, 0.3) is 0 Å². The Morgan fingerprint density at radius 3 is 2.90 bits per heavy atom. The quantitative estimate of drug-likeness (QED) is 0.846. The third kappa shape index (κ3) is 3.95. The minimum atomic E-state index is -0.793. The highest BCUT2D eigenvalue weighted by Gasteiger charge is 2.25. The van der Waals surface area contributed by atoms with E-state index in [-0.39, 0.29) is 11.2 Å². The van der Waals surface area contributed by atoms with Crippen molar-refractivity contribution in [1.82, 2.24) is 9.55 Å². The first-order valence-electron chi connectivity index (χ1n) is 6.86. The number of aromatic nitrogens is 2. The van der Waals surface area contributed by atoms with Crippen molar-refractivity contribution in [3.05, 3.63) is 11.9 Å². The molecule has 1 unspecified atom stereocenters. The predicted molar refractivity (Wildman–Crippen MR) is 84.7 cm³/mol. The average Bonchev–Trinajstić information content (AvgIpc) is 2.95. The van der Waals surface area contributed by atoms with Gasteiger partial charge in [-0.2, -0.15) is 11.8 Å². The number of aliphatic carboxylic acids is 1. The molecule has 1 N–H and O–H groups in total. The van der Waals surface area contributed by atoms with E-state index in [1.165, 1.54) is 35.4 Å². The highest BCUT2D eigenvalue weighted by molar-refractivity contribution is 7.99. The molecule has 1 atom stereocenters. The molecule has 0 spiro atoms. The lowest BCUT2D eigenvalue weighted by Gasteiger charge is -2.23. The molecular weight excluding hydrogens is 292 g/mol. The summed E-state index contributed by atoms with van der Waals surface area (Å²) in [5, 5.41) is 9.70. The lowest BCUT2D eigenvalue weighted by atomic mass is 9.92. The molecule has 20 heavy (non-hydrogen) atoms. The van der Waals surface area contributed by atoms with Crippen LogP contribution < -0.4 is 0 Å². The van der Waals surface area contributed by atoms with Gasteiger partial charge in [0.05, 0.1) is 5.75 Å². The summed E-state index contributed by atoms with van der Waals surface area (Å²) < 4.78 is 2.24. The molecule has 0 bridgehead atoms. The Bertz CT molecular complexity index is 474. The molecule has 112 valence electrons. The van der Waals surface area contributed by atoms with Crippen molar-refractivity contribution in [3.63, 3.8) is 0 Å². The fourth-order valence-electron chi connectivity index (χ4n) is 2.36. The van der Waals surface area contributed by atoms with Gasteiger partial charge in [-0.15, -0.1) is 0 Å². The predicted octanol–water partition coefficient (Wildman–Crippen LogP) is 3.11. The molecule has 1 fully saturated rings. The molecule has 0 radical (unpaired) electrons. The van der Waals surface area contributed by atoms with E-state index in [9.17, 15) is 4.79 Å². The number of carbonyl (C=O) groups is 1. The van der Waals surface area contributed by atoms with Gasteiger partial charge in [-0.3, -0.25) is 4.79 Å². The molecule has 0 amide bonds. The minimum absolute atomic E-state index is 0.0286. The van der Waals surface area contributed by atoms with E-state index in [4.69, 9.17) is 5.11 Å². The number of nitrogens with zero attached hydrogens (tertiary/aromatic N) is 2. The Hall–Kier alpha value is -0.620. The highest BCUT2D eigenvalue weighted by Crippen LogP contribution is 2.31. The molecule has 0 aromatic carbocycles. The molecule has 0 aliphatic carbocycles. The number of carboxylic acid groups (broad SMARTS) is 1. The van der Waals surface area contributed by atoms with Crippen LogP contribution >= 0.6 is 23.5 Å². The number of rotatable bonds is 5. The van der Waals surface area contributed by atoms with Crippen molar-refractivity contribution in [1.29, 1.82) is 0 Å². The first-order chi connectivity index (χ1) is 9.38. The van der Waals surface area contributed by atoms with E-state index >= 15 is 0 Å². The van der Waals surface area contributed by atoms with Crippen molar-refractivity contribution in [2.75, 3.05) is 17.3 Å². The van der Waals surface area contributed by atoms with Gasteiger partial charge in [-0.25, -0.2) is 4.98 Å². The SMILES string of the molecule is CC(C)(C)c1cnc(SCC(=O)O)n1CC1CCSC1. The Morgan fingerprint density at radius 2 is 2.35 bits per heavy atom. The lowest BCUT2D eigenvalue weighted by molar-refractivity contribution is -0.133. The summed E-state index contributed by atoms with van der Waals surface area (Å²) in [6, 6.07) is 0. The summed E-state index contributed by atoms with van der Waals surface area (Å²) in [7, 11) is 0. The smallest absolute Gasteiger partial charge is 0.313 e. The van der Waals surface area contributed by atoms with Crippen LogP contribution in [-0.4, -0.2) is 37.9 Å². The average molecular weight is 314 g/mol. The van der Waals surface area contributed by atoms with Crippen molar-refractivity contribution in [2.45, 2.75) is 44.3 Å². The molecule has 1 saturated heterocycles. The summed E-state index contributed by atoms with van der Waals surface area (Å²) in [4.78, 5) is 15.2. The second-order valence-electron chi connectivity index (χ2n) is 6.20. The summed E-state index contributed by atoms with van der Waals surface area (Å²) in [6.45, 7) is 7.49. The van der Waals surface area contributed by atoms with E-state index in [2.05, 4.69) is 30.3 Å². The second kappa shape index (κ2) is 6.43. The molecule has 2 heterocycles. The zero-order valence-corrected chi connectivity index (χ0v) is 13.9. The van der Waals surface area contributed by atoms with Gasteiger partial charge < -0.3 is 9.67 Å². The van der Waals surface area contributed by atoms with Gasteiger partial charge in [0.2, 0.25) is 0 Å². The van der Waals surface area contributed by atoms with Gasteiger partial charge in [0, 0.05) is 23.9 Å². The largest absolute Gasteiger partial charge is 0.481 e. The molecule has 1 aromatic heterocycles. The monoisotopic (exact) mass is 314 g/mol. The summed E-state index contributed by atoms with van der Waals surface area (Å²) in [5.41, 5.74) is 1.23. The topological polar surface area (TPSA) is 55.1 Å². The van der Waals surface area contributed by atoms with Crippen LogP contribution in [0.3, 0.4) is 0 Å². The molecule has 2 rings (SSSR count). The normalized spacial score (nSPS) is 19.4. The number of hydrogen-bond donors (Lipinski definition) is 1. The van der Waals surface area contributed by atoms with Gasteiger partial charge >= 0.3 is 5.97 Å². The number of thioether (sulfide) groups is 2. The van der Waals surface area contributed by atoms with E-state index in [1.807, 2.05) is 18.0 Å². The molecule has 1 aromatic rings.